The van der Waals surface area contributed by atoms with Gasteiger partial charge in [-0.05, 0) is 48.4 Å². The summed E-state index contributed by atoms with van der Waals surface area (Å²) in [7, 11) is 1.62. The first kappa shape index (κ1) is 22.8. The van der Waals surface area contributed by atoms with Gasteiger partial charge in [0.1, 0.15) is 5.75 Å². The van der Waals surface area contributed by atoms with Gasteiger partial charge in [0.05, 0.1) is 19.3 Å². The number of dihydropyridines is 1. The van der Waals surface area contributed by atoms with Gasteiger partial charge in [0.2, 0.25) is 0 Å². The van der Waals surface area contributed by atoms with E-state index in [9.17, 15) is 9.59 Å². The Bertz CT molecular complexity index is 1100. The van der Waals surface area contributed by atoms with Crippen LogP contribution in [0.15, 0.2) is 77.1 Å². The highest BCUT2D eigenvalue weighted by atomic mass is 16.5. The second kappa shape index (κ2) is 9.65. The number of rotatable bonds is 6. The Labute approximate surface area is 195 Å². The fourth-order valence-corrected chi connectivity index (χ4v) is 4.72. The highest BCUT2D eigenvalue weighted by Gasteiger charge is 2.41. The van der Waals surface area contributed by atoms with Crippen LogP contribution in [0.4, 0.5) is 0 Å². The molecule has 1 aliphatic carbocycles. The number of benzene rings is 2. The fourth-order valence-electron chi connectivity index (χ4n) is 4.72. The molecular formula is C28H31NO4. The smallest absolute Gasteiger partial charge is 0.336 e. The average molecular weight is 446 g/mol. The Morgan fingerprint density at radius 1 is 1.03 bits per heavy atom. The first-order chi connectivity index (χ1) is 15.9. The van der Waals surface area contributed by atoms with Crippen molar-refractivity contribution in [3.05, 3.63) is 88.3 Å². The number of Topliss-reactive ketones (excluding diaryl/α,β-unsaturated/α-hetero) is 1. The highest BCUT2D eigenvalue weighted by Crippen LogP contribution is 2.45. The topological polar surface area (TPSA) is 64.6 Å². The SMILES string of the molecule is COc1ccc([C@@H]2C(C(=O)OCC(C)C)=C(C)NC3=C2C(=O)C[C@@H](c2ccccc2)C3)cc1. The van der Waals surface area contributed by atoms with Gasteiger partial charge in [0.15, 0.2) is 5.78 Å². The summed E-state index contributed by atoms with van der Waals surface area (Å²) in [4.78, 5) is 26.8. The molecule has 2 aliphatic rings. The van der Waals surface area contributed by atoms with E-state index < -0.39 is 5.92 Å². The number of nitrogens with one attached hydrogen (secondary N) is 1. The van der Waals surface area contributed by atoms with Crippen LogP contribution in [-0.4, -0.2) is 25.5 Å². The van der Waals surface area contributed by atoms with Crippen LogP contribution in [0, 0.1) is 5.92 Å². The minimum absolute atomic E-state index is 0.0695. The highest BCUT2D eigenvalue weighted by molar-refractivity contribution is 6.04. The monoisotopic (exact) mass is 445 g/mol. The predicted molar refractivity (Wildman–Crippen MR) is 128 cm³/mol. The second-order valence-corrected chi connectivity index (χ2v) is 9.19. The molecule has 0 radical (unpaired) electrons. The van der Waals surface area contributed by atoms with Gasteiger partial charge >= 0.3 is 5.97 Å². The van der Waals surface area contributed by atoms with Crippen LogP contribution in [0.25, 0.3) is 0 Å². The minimum atomic E-state index is -0.462. The van der Waals surface area contributed by atoms with E-state index in [0.717, 1.165) is 34.7 Å². The zero-order valence-corrected chi connectivity index (χ0v) is 19.7. The molecule has 4 rings (SSSR count). The molecule has 0 fully saturated rings. The van der Waals surface area contributed by atoms with Crippen LogP contribution in [0.1, 0.15) is 56.6 Å². The van der Waals surface area contributed by atoms with E-state index in [1.54, 1.807) is 7.11 Å². The Hall–Kier alpha value is -3.34. The molecule has 0 aromatic heterocycles. The number of ketones is 1. The van der Waals surface area contributed by atoms with Gasteiger partial charge in [0.25, 0.3) is 0 Å². The van der Waals surface area contributed by atoms with Crippen molar-refractivity contribution >= 4 is 11.8 Å². The van der Waals surface area contributed by atoms with E-state index in [0.29, 0.717) is 24.2 Å². The normalized spacial score (nSPS) is 20.5. The van der Waals surface area contributed by atoms with Crippen molar-refractivity contribution in [1.29, 1.82) is 0 Å². The fraction of sp³-hybridized carbons (Fsp3) is 0.357. The lowest BCUT2D eigenvalue weighted by Crippen LogP contribution is -2.36. The molecule has 33 heavy (non-hydrogen) atoms. The van der Waals surface area contributed by atoms with Crippen molar-refractivity contribution in [3.63, 3.8) is 0 Å². The summed E-state index contributed by atoms with van der Waals surface area (Å²) in [5.41, 5.74) is 4.86. The molecule has 172 valence electrons. The summed E-state index contributed by atoms with van der Waals surface area (Å²) >= 11 is 0. The number of methoxy groups -OCH3 is 1. The third kappa shape index (κ3) is 4.72. The summed E-state index contributed by atoms with van der Waals surface area (Å²) in [6, 6.07) is 17.7. The largest absolute Gasteiger partial charge is 0.497 e. The van der Waals surface area contributed by atoms with Crippen LogP contribution in [-0.2, 0) is 14.3 Å². The van der Waals surface area contributed by atoms with E-state index in [-0.39, 0.29) is 23.6 Å². The van der Waals surface area contributed by atoms with Crippen LogP contribution < -0.4 is 10.1 Å². The van der Waals surface area contributed by atoms with Crippen LogP contribution >= 0.6 is 0 Å². The maximum absolute atomic E-state index is 13.6. The number of carbonyl (C=O) groups is 2. The molecule has 0 unspecified atom stereocenters. The van der Waals surface area contributed by atoms with Gasteiger partial charge in [-0.15, -0.1) is 0 Å². The van der Waals surface area contributed by atoms with E-state index in [4.69, 9.17) is 9.47 Å². The zero-order valence-electron chi connectivity index (χ0n) is 19.7. The lowest BCUT2D eigenvalue weighted by molar-refractivity contribution is -0.140. The van der Waals surface area contributed by atoms with Crippen molar-refractivity contribution in [2.75, 3.05) is 13.7 Å². The third-order valence-corrected chi connectivity index (χ3v) is 6.32. The number of allylic oxidation sites excluding steroid dienone is 3. The van der Waals surface area contributed by atoms with Crippen molar-refractivity contribution in [2.24, 2.45) is 5.92 Å². The molecule has 1 heterocycles. The lowest BCUT2D eigenvalue weighted by atomic mass is 9.72. The van der Waals surface area contributed by atoms with Gasteiger partial charge in [-0.3, -0.25) is 4.79 Å². The Kier molecular flexibility index (Phi) is 6.68. The predicted octanol–water partition coefficient (Wildman–Crippen LogP) is 5.26. The van der Waals surface area contributed by atoms with Gasteiger partial charge in [0, 0.05) is 29.3 Å². The average Bonchev–Trinajstić information content (AvgIpc) is 2.82. The maximum Gasteiger partial charge on any atom is 0.336 e. The summed E-state index contributed by atoms with van der Waals surface area (Å²) in [6.07, 6.45) is 1.15. The van der Waals surface area contributed by atoms with Crippen LogP contribution in [0.5, 0.6) is 5.75 Å². The standard InChI is InChI=1S/C28H31NO4/c1-17(2)16-33-28(31)25-18(3)29-23-14-21(19-8-6-5-7-9-19)15-24(30)27(23)26(25)20-10-12-22(32-4)13-11-20/h5-13,17,21,26,29H,14-16H2,1-4H3/t21-,26+/m0/s1. The lowest BCUT2D eigenvalue weighted by Gasteiger charge is -2.36. The summed E-state index contributed by atoms with van der Waals surface area (Å²) in [6.45, 7) is 6.23. The number of ether oxygens (including phenoxy) is 2. The van der Waals surface area contributed by atoms with Gasteiger partial charge < -0.3 is 14.8 Å². The molecule has 0 saturated carbocycles. The zero-order chi connectivity index (χ0) is 23.5. The summed E-state index contributed by atoms with van der Waals surface area (Å²) < 4.78 is 10.9. The number of carbonyl (C=O) groups excluding carboxylic acids is 2. The van der Waals surface area contributed by atoms with Gasteiger partial charge in [-0.25, -0.2) is 4.79 Å². The van der Waals surface area contributed by atoms with Crippen molar-refractivity contribution in [1.82, 2.24) is 5.32 Å². The Morgan fingerprint density at radius 3 is 2.36 bits per heavy atom. The Morgan fingerprint density at radius 2 is 1.73 bits per heavy atom. The van der Waals surface area contributed by atoms with Crippen LogP contribution in [0.2, 0.25) is 0 Å². The number of hydrogen-bond donors (Lipinski definition) is 1. The molecule has 0 bridgehead atoms. The minimum Gasteiger partial charge on any atom is -0.497 e. The quantitative estimate of drug-likeness (QED) is 0.615. The molecule has 5 nitrogen and oxygen atoms in total. The molecule has 0 saturated heterocycles. The number of esters is 1. The van der Waals surface area contributed by atoms with Gasteiger partial charge in [-0.1, -0.05) is 56.3 Å². The molecule has 2 aromatic rings. The molecule has 2 atom stereocenters. The van der Waals surface area contributed by atoms with Crippen molar-refractivity contribution in [3.8, 4) is 5.75 Å². The van der Waals surface area contributed by atoms with Crippen LogP contribution in [0.3, 0.4) is 0 Å². The molecule has 1 N–H and O–H groups in total. The second-order valence-electron chi connectivity index (χ2n) is 9.19. The van der Waals surface area contributed by atoms with E-state index in [1.165, 1.54) is 0 Å². The number of hydrogen-bond acceptors (Lipinski definition) is 5. The molecule has 5 heteroatoms. The molecule has 1 aliphatic heterocycles. The molecule has 0 amide bonds. The maximum atomic E-state index is 13.6. The third-order valence-electron chi connectivity index (χ3n) is 6.32. The molecule has 0 spiro atoms. The van der Waals surface area contributed by atoms with E-state index >= 15 is 0 Å². The Balaban J connectivity index is 1.76. The first-order valence-corrected chi connectivity index (χ1v) is 11.5. The summed E-state index contributed by atoms with van der Waals surface area (Å²) in [5, 5.41) is 3.40. The molecular weight excluding hydrogens is 414 g/mol. The van der Waals surface area contributed by atoms with Crippen molar-refractivity contribution in [2.45, 2.75) is 45.4 Å². The molecule has 2 aromatic carbocycles. The first-order valence-electron chi connectivity index (χ1n) is 11.5. The summed E-state index contributed by atoms with van der Waals surface area (Å²) in [5.74, 6) is 0.299. The van der Waals surface area contributed by atoms with Crippen molar-refractivity contribution < 1.29 is 19.1 Å². The van der Waals surface area contributed by atoms with E-state index in [1.807, 2.05) is 63.2 Å². The van der Waals surface area contributed by atoms with E-state index in [2.05, 4.69) is 17.4 Å². The van der Waals surface area contributed by atoms with Gasteiger partial charge in [-0.2, -0.15) is 0 Å².